The zero-order valence-corrected chi connectivity index (χ0v) is 12.2. The monoisotopic (exact) mass is 341 g/mol. The Morgan fingerprint density at radius 1 is 1.24 bits per heavy atom. The molecule has 1 amide bonds. The quantitative estimate of drug-likeness (QED) is 0.770. The van der Waals surface area contributed by atoms with Crippen LogP contribution in [0.5, 0.6) is 0 Å². The number of carbonyl (C=O) groups is 1. The molecule has 0 aliphatic carbocycles. The number of aromatic nitrogens is 1. The standard InChI is InChI=1S/C15H8BrN3O2/c16-11-4-2-10(3-5-11)14(20)19-15-18-12-7-9(8-17)1-6-13(12)21-15/h1-7H,(H,18,19,20). The molecule has 1 aromatic heterocycles. The van der Waals surface area contributed by atoms with Gasteiger partial charge in [0.2, 0.25) is 0 Å². The minimum absolute atomic E-state index is 0.105. The van der Waals surface area contributed by atoms with Gasteiger partial charge in [-0.25, -0.2) is 0 Å². The second-order valence-electron chi connectivity index (χ2n) is 4.27. The number of halogens is 1. The predicted octanol–water partition coefficient (Wildman–Crippen LogP) is 3.71. The molecule has 0 unspecified atom stereocenters. The molecule has 102 valence electrons. The van der Waals surface area contributed by atoms with E-state index in [1.165, 1.54) is 0 Å². The summed E-state index contributed by atoms with van der Waals surface area (Å²) in [6.07, 6.45) is 0. The summed E-state index contributed by atoms with van der Waals surface area (Å²) in [7, 11) is 0. The Kier molecular flexibility index (Phi) is 3.42. The Bertz CT molecular complexity index is 863. The van der Waals surface area contributed by atoms with Crippen LogP contribution in [0, 0.1) is 11.3 Å². The Morgan fingerprint density at radius 3 is 2.71 bits per heavy atom. The maximum Gasteiger partial charge on any atom is 0.302 e. The van der Waals surface area contributed by atoms with E-state index in [0.717, 1.165) is 4.47 Å². The lowest BCUT2D eigenvalue weighted by Crippen LogP contribution is -2.11. The van der Waals surface area contributed by atoms with Crippen LogP contribution in [0.1, 0.15) is 15.9 Å². The highest BCUT2D eigenvalue weighted by Gasteiger charge is 2.11. The molecule has 3 aromatic rings. The SMILES string of the molecule is N#Cc1ccc2oc(NC(=O)c3ccc(Br)cc3)nc2c1. The van der Waals surface area contributed by atoms with E-state index in [-0.39, 0.29) is 11.9 Å². The average molecular weight is 342 g/mol. The van der Waals surface area contributed by atoms with Gasteiger partial charge in [-0.05, 0) is 42.5 Å². The highest BCUT2D eigenvalue weighted by molar-refractivity contribution is 9.10. The van der Waals surface area contributed by atoms with Crippen LogP contribution in [0.4, 0.5) is 6.01 Å². The molecule has 0 aliphatic rings. The number of nitriles is 1. The number of amides is 1. The topological polar surface area (TPSA) is 78.9 Å². The molecule has 5 nitrogen and oxygen atoms in total. The van der Waals surface area contributed by atoms with Crippen LogP contribution in [-0.2, 0) is 0 Å². The summed E-state index contributed by atoms with van der Waals surface area (Å²) in [6, 6.07) is 14.0. The molecule has 0 bridgehead atoms. The molecular formula is C15H8BrN3O2. The van der Waals surface area contributed by atoms with Crippen molar-refractivity contribution in [2.24, 2.45) is 0 Å². The van der Waals surface area contributed by atoms with Crippen molar-refractivity contribution in [3.63, 3.8) is 0 Å². The third-order valence-corrected chi connectivity index (χ3v) is 3.37. The zero-order chi connectivity index (χ0) is 14.8. The lowest BCUT2D eigenvalue weighted by atomic mass is 10.2. The van der Waals surface area contributed by atoms with E-state index in [1.807, 2.05) is 6.07 Å². The van der Waals surface area contributed by atoms with Crippen LogP contribution in [0.2, 0.25) is 0 Å². The van der Waals surface area contributed by atoms with Gasteiger partial charge in [0.25, 0.3) is 5.91 Å². The van der Waals surface area contributed by atoms with Gasteiger partial charge >= 0.3 is 6.01 Å². The number of nitrogens with one attached hydrogen (secondary N) is 1. The number of rotatable bonds is 2. The minimum Gasteiger partial charge on any atom is -0.423 e. The highest BCUT2D eigenvalue weighted by atomic mass is 79.9. The van der Waals surface area contributed by atoms with Crippen molar-refractivity contribution in [1.82, 2.24) is 4.98 Å². The summed E-state index contributed by atoms with van der Waals surface area (Å²) in [4.78, 5) is 16.2. The van der Waals surface area contributed by atoms with Crippen molar-refractivity contribution < 1.29 is 9.21 Å². The molecule has 0 spiro atoms. The molecule has 0 atom stereocenters. The third-order valence-electron chi connectivity index (χ3n) is 2.84. The summed E-state index contributed by atoms with van der Waals surface area (Å²) < 4.78 is 6.32. The molecule has 0 radical (unpaired) electrons. The smallest absolute Gasteiger partial charge is 0.302 e. The van der Waals surface area contributed by atoms with E-state index >= 15 is 0 Å². The van der Waals surface area contributed by atoms with E-state index < -0.39 is 0 Å². The van der Waals surface area contributed by atoms with Crippen molar-refractivity contribution >= 4 is 39.0 Å². The molecule has 1 heterocycles. The van der Waals surface area contributed by atoms with Crippen molar-refractivity contribution in [2.75, 3.05) is 5.32 Å². The molecule has 0 fully saturated rings. The van der Waals surface area contributed by atoms with E-state index in [2.05, 4.69) is 26.2 Å². The molecule has 21 heavy (non-hydrogen) atoms. The van der Waals surface area contributed by atoms with Gasteiger partial charge in [-0.1, -0.05) is 15.9 Å². The predicted molar refractivity (Wildman–Crippen MR) is 80.8 cm³/mol. The first-order valence-electron chi connectivity index (χ1n) is 6.03. The normalized spacial score (nSPS) is 10.3. The Hall–Kier alpha value is -2.65. The second kappa shape index (κ2) is 5.38. The van der Waals surface area contributed by atoms with Crippen LogP contribution in [0.3, 0.4) is 0 Å². The number of benzene rings is 2. The number of oxazole rings is 1. The fourth-order valence-corrected chi connectivity index (χ4v) is 2.09. The van der Waals surface area contributed by atoms with Crippen molar-refractivity contribution in [3.8, 4) is 6.07 Å². The van der Waals surface area contributed by atoms with Gasteiger partial charge in [-0.3, -0.25) is 10.1 Å². The van der Waals surface area contributed by atoms with Gasteiger partial charge < -0.3 is 4.42 Å². The highest BCUT2D eigenvalue weighted by Crippen LogP contribution is 2.20. The number of anilines is 1. The fraction of sp³-hybridized carbons (Fsp3) is 0. The lowest BCUT2D eigenvalue weighted by molar-refractivity contribution is 0.102. The van der Waals surface area contributed by atoms with E-state index in [9.17, 15) is 4.79 Å². The number of nitrogens with zero attached hydrogens (tertiary/aromatic N) is 2. The lowest BCUT2D eigenvalue weighted by Gasteiger charge is -2.00. The van der Waals surface area contributed by atoms with Crippen LogP contribution in [0.25, 0.3) is 11.1 Å². The van der Waals surface area contributed by atoms with Crippen molar-refractivity contribution in [3.05, 3.63) is 58.1 Å². The second-order valence-corrected chi connectivity index (χ2v) is 5.19. The Labute approximate surface area is 128 Å². The molecular weight excluding hydrogens is 334 g/mol. The van der Waals surface area contributed by atoms with E-state index in [0.29, 0.717) is 22.2 Å². The minimum atomic E-state index is -0.311. The number of hydrogen-bond acceptors (Lipinski definition) is 4. The fourth-order valence-electron chi connectivity index (χ4n) is 1.82. The van der Waals surface area contributed by atoms with Crippen LogP contribution in [0.15, 0.2) is 51.4 Å². The first kappa shape index (κ1) is 13.3. The first-order chi connectivity index (χ1) is 10.2. The number of fused-ring (bicyclic) bond motifs is 1. The van der Waals surface area contributed by atoms with Gasteiger partial charge in [-0.15, -0.1) is 0 Å². The number of hydrogen-bond donors (Lipinski definition) is 1. The number of carbonyl (C=O) groups excluding carboxylic acids is 1. The molecule has 0 aliphatic heterocycles. The summed E-state index contributed by atoms with van der Waals surface area (Å²) in [5.41, 5.74) is 2.03. The zero-order valence-electron chi connectivity index (χ0n) is 10.6. The van der Waals surface area contributed by atoms with Crippen LogP contribution < -0.4 is 5.32 Å². The average Bonchev–Trinajstić information content (AvgIpc) is 2.88. The van der Waals surface area contributed by atoms with Gasteiger partial charge in [0.05, 0.1) is 11.6 Å². The molecule has 6 heteroatoms. The van der Waals surface area contributed by atoms with Gasteiger partial charge in [0, 0.05) is 10.0 Å². The summed E-state index contributed by atoms with van der Waals surface area (Å²) in [5, 5.41) is 11.4. The van der Waals surface area contributed by atoms with Gasteiger partial charge in [0.1, 0.15) is 5.52 Å². The molecule has 3 rings (SSSR count). The third kappa shape index (κ3) is 2.78. The van der Waals surface area contributed by atoms with Gasteiger partial charge in [0.15, 0.2) is 5.58 Å². The Balaban J connectivity index is 1.86. The van der Waals surface area contributed by atoms with E-state index in [1.54, 1.807) is 42.5 Å². The summed E-state index contributed by atoms with van der Waals surface area (Å²) in [6.45, 7) is 0. The first-order valence-corrected chi connectivity index (χ1v) is 6.82. The summed E-state index contributed by atoms with van der Waals surface area (Å²) >= 11 is 3.31. The molecule has 0 saturated carbocycles. The maximum absolute atomic E-state index is 12.0. The van der Waals surface area contributed by atoms with Crippen LogP contribution >= 0.6 is 15.9 Å². The molecule has 2 aromatic carbocycles. The summed E-state index contributed by atoms with van der Waals surface area (Å²) in [5.74, 6) is -0.311. The maximum atomic E-state index is 12.0. The Morgan fingerprint density at radius 2 is 2.00 bits per heavy atom. The van der Waals surface area contributed by atoms with Gasteiger partial charge in [-0.2, -0.15) is 10.2 Å². The largest absolute Gasteiger partial charge is 0.423 e. The van der Waals surface area contributed by atoms with E-state index in [4.69, 9.17) is 9.68 Å². The molecule has 0 saturated heterocycles. The van der Waals surface area contributed by atoms with Crippen LogP contribution in [-0.4, -0.2) is 10.9 Å². The van der Waals surface area contributed by atoms with Crippen molar-refractivity contribution in [2.45, 2.75) is 0 Å². The molecule has 1 N–H and O–H groups in total. The van der Waals surface area contributed by atoms with Crippen molar-refractivity contribution in [1.29, 1.82) is 5.26 Å².